The number of aliphatic hydroxyl groups is 1. The van der Waals surface area contributed by atoms with Crippen LogP contribution in [0.3, 0.4) is 0 Å². The Morgan fingerprint density at radius 3 is 2.89 bits per heavy atom. The average molecular weight is 128 g/mol. The van der Waals surface area contributed by atoms with Gasteiger partial charge in [0.2, 0.25) is 0 Å². The summed E-state index contributed by atoms with van der Waals surface area (Å²) in [7, 11) is 0. The monoisotopic (exact) mass is 128 g/mol. The van der Waals surface area contributed by atoms with E-state index in [1.807, 2.05) is 0 Å². The zero-order valence-electron chi connectivity index (χ0n) is 5.63. The van der Waals surface area contributed by atoms with Crippen LogP contribution >= 0.6 is 0 Å². The fraction of sp³-hybridized carbons (Fsp3) is 0.714. The molecule has 9 heavy (non-hydrogen) atoms. The van der Waals surface area contributed by atoms with Gasteiger partial charge in [0.1, 0.15) is 0 Å². The van der Waals surface area contributed by atoms with Crippen LogP contribution < -0.4 is 0 Å². The minimum Gasteiger partial charge on any atom is -0.501 e. The van der Waals surface area contributed by atoms with Gasteiger partial charge in [0.05, 0.1) is 19.0 Å². The van der Waals surface area contributed by atoms with Gasteiger partial charge in [0.25, 0.3) is 0 Å². The minimum absolute atomic E-state index is 0.251. The second kappa shape index (κ2) is 5.63. The molecule has 52 valence electrons. The van der Waals surface area contributed by atoms with Gasteiger partial charge in [-0.25, -0.2) is 0 Å². The summed E-state index contributed by atoms with van der Waals surface area (Å²) in [6.45, 7) is 8.76. The zero-order valence-corrected chi connectivity index (χ0v) is 5.63. The fourth-order valence-electron chi connectivity index (χ4n) is 0.521. The first-order valence-corrected chi connectivity index (χ1v) is 3.06. The first-order chi connectivity index (χ1) is 4.27. The molecule has 0 bridgehead atoms. The summed E-state index contributed by atoms with van der Waals surface area (Å²) in [5, 5.41) is 8.74. The topological polar surface area (TPSA) is 29.5 Å². The first kappa shape index (κ1) is 8.50. The molecule has 0 saturated heterocycles. The molecule has 0 aromatic rings. The van der Waals surface area contributed by atoms with Crippen LogP contribution in [0.1, 0.15) is 19.8 Å². The maximum Gasteiger partial charge on any atom is 0.0916 e. The molecule has 0 heterocycles. The zero-order chi connectivity index (χ0) is 7.11. The minimum atomic E-state index is -0.251. The van der Waals surface area contributed by atoms with Crippen molar-refractivity contribution in [3.8, 4) is 0 Å². The second-order valence-corrected chi connectivity index (χ2v) is 1.98. The lowest BCUT2D eigenvalue weighted by molar-refractivity contribution is 0.161. The van der Waals surface area contributed by atoms with Crippen LogP contribution in [0.15, 0.2) is 6.26 Å². The SMILES string of the molecule is [C]=COCCCC(C)O. The predicted octanol–water partition coefficient (Wildman–Crippen LogP) is 0.988. The summed E-state index contributed by atoms with van der Waals surface area (Å²) >= 11 is 0. The van der Waals surface area contributed by atoms with Gasteiger partial charge < -0.3 is 9.84 Å². The molecule has 0 rings (SSSR count). The van der Waals surface area contributed by atoms with Crippen molar-refractivity contribution in [2.24, 2.45) is 0 Å². The van der Waals surface area contributed by atoms with Crippen molar-refractivity contribution >= 4 is 0 Å². The van der Waals surface area contributed by atoms with Crippen LogP contribution in [0.5, 0.6) is 0 Å². The van der Waals surface area contributed by atoms with Gasteiger partial charge in [-0.1, -0.05) is 0 Å². The Kier molecular flexibility index (Phi) is 5.32. The Labute approximate surface area is 56.1 Å². The largest absolute Gasteiger partial charge is 0.501 e. The third-order valence-corrected chi connectivity index (χ3v) is 0.967. The number of ether oxygens (including phenoxy) is 1. The smallest absolute Gasteiger partial charge is 0.0916 e. The highest BCUT2D eigenvalue weighted by molar-refractivity contribution is 4.48. The van der Waals surface area contributed by atoms with Gasteiger partial charge >= 0.3 is 0 Å². The van der Waals surface area contributed by atoms with E-state index in [9.17, 15) is 0 Å². The molecular formula is C7H12O2. The molecule has 0 aromatic heterocycles. The Morgan fingerprint density at radius 1 is 1.78 bits per heavy atom. The summed E-state index contributed by atoms with van der Waals surface area (Å²) in [5.74, 6) is 0. The molecule has 0 fully saturated rings. The van der Waals surface area contributed by atoms with Crippen molar-refractivity contribution in [3.05, 3.63) is 12.8 Å². The lowest BCUT2D eigenvalue weighted by Crippen LogP contribution is -2.00. The normalized spacial score (nSPS) is 12.7. The molecule has 0 aliphatic heterocycles. The second-order valence-electron chi connectivity index (χ2n) is 1.98. The maximum absolute atomic E-state index is 8.74. The quantitative estimate of drug-likeness (QED) is 0.442. The molecule has 2 nitrogen and oxygen atoms in total. The summed E-state index contributed by atoms with van der Waals surface area (Å²) in [6, 6.07) is 0. The Morgan fingerprint density at radius 2 is 2.44 bits per heavy atom. The molecule has 0 amide bonds. The van der Waals surface area contributed by atoms with Crippen LogP contribution in [-0.2, 0) is 4.74 Å². The molecule has 0 aliphatic rings. The van der Waals surface area contributed by atoms with Crippen molar-refractivity contribution in [1.82, 2.24) is 0 Å². The fourth-order valence-corrected chi connectivity index (χ4v) is 0.521. The van der Waals surface area contributed by atoms with E-state index >= 15 is 0 Å². The van der Waals surface area contributed by atoms with Crippen molar-refractivity contribution in [3.63, 3.8) is 0 Å². The molecule has 1 unspecified atom stereocenters. The average Bonchev–Trinajstić information content (AvgIpc) is 1.80. The number of hydrogen-bond acceptors (Lipinski definition) is 2. The van der Waals surface area contributed by atoms with Crippen LogP contribution in [0, 0.1) is 6.58 Å². The van der Waals surface area contributed by atoms with E-state index in [1.54, 1.807) is 6.92 Å². The summed E-state index contributed by atoms with van der Waals surface area (Å²) < 4.78 is 4.61. The van der Waals surface area contributed by atoms with Crippen LogP contribution in [0.4, 0.5) is 0 Å². The summed E-state index contributed by atoms with van der Waals surface area (Å²) in [4.78, 5) is 0. The molecule has 1 atom stereocenters. The van der Waals surface area contributed by atoms with E-state index in [4.69, 9.17) is 11.7 Å². The van der Waals surface area contributed by atoms with Crippen LogP contribution in [-0.4, -0.2) is 17.8 Å². The van der Waals surface area contributed by atoms with Crippen LogP contribution in [0.2, 0.25) is 0 Å². The van der Waals surface area contributed by atoms with Crippen molar-refractivity contribution in [2.45, 2.75) is 25.9 Å². The molecular weight excluding hydrogens is 116 g/mol. The molecule has 2 heteroatoms. The van der Waals surface area contributed by atoms with Crippen molar-refractivity contribution in [2.75, 3.05) is 6.61 Å². The Bertz CT molecular complexity index is 69.3. The molecule has 0 saturated carbocycles. The third kappa shape index (κ3) is 7.50. The lowest BCUT2D eigenvalue weighted by Gasteiger charge is -2.01. The molecule has 0 spiro atoms. The highest BCUT2D eigenvalue weighted by Crippen LogP contribution is 1.95. The number of hydrogen-bond donors (Lipinski definition) is 1. The van der Waals surface area contributed by atoms with E-state index in [1.165, 1.54) is 0 Å². The van der Waals surface area contributed by atoms with Gasteiger partial charge in [-0.3, -0.25) is 0 Å². The maximum atomic E-state index is 8.74. The predicted molar refractivity (Wildman–Crippen MR) is 34.7 cm³/mol. The number of rotatable bonds is 5. The van der Waals surface area contributed by atoms with Gasteiger partial charge in [-0.2, -0.15) is 0 Å². The number of aliphatic hydroxyl groups excluding tert-OH is 1. The highest BCUT2D eigenvalue weighted by atomic mass is 16.5. The van der Waals surface area contributed by atoms with E-state index in [0.717, 1.165) is 19.1 Å². The van der Waals surface area contributed by atoms with Crippen molar-refractivity contribution in [1.29, 1.82) is 0 Å². The molecule has 0 aromatic carbocycles. The molecule has 0 aliphatic carbocycles. The van der Waals surface area contributed by atoms with Crippen LogP contribution in [0.25, 0.3) is 0 Å². The van der Waals surface area contributed by atoms with Crippen molar-refractivity contribution < 1.29 is 9.84 Å². The van der Waals surface area contributed by atoms with Gasteiger partial charge in [0, 0.05) is 6.58 Å². The Hall–Kier alpha value is -0.500. The van der Waals surface area contributed by atoms with Gasteiger partial charge in [-0.15, -0.1) is 0 Å². The standard InChI is InChI=1S/C7H12O2/c1-3-9-6-4-5-7(2)8/h3,7-8H,4-6H2,2H3. The van der Waals surface area contributed by atoms with E-state index in [-0.39, 0.29) is 6.10 Å². The van der Waals surface area contributed by atoms with E-state index in [2.05, 4.69) is 4.74 Å². The summed E-state index contributed by atoms with van der Waals surface area (Å²) in [6.07, 6.45) is 2.22. The van der Waals surface area contributed by atoms with E-state index < -0.39 is 0 Å². The molecule has 2 radical (unpaired) electrons. The Balaban J connectivity index is 2.82. The highest BCUT2D eigenvalue weighted by Gasteiger charge is 1.93. The first-order valence-electron chi connectivity index (χ1n) is 3.06. The molecule has 1 N–H and O–H groups in total. The van der Waals surface area contributed by atoms with Gasteiger partial charge in [-0.05, 0) is 19.8 Å². The summed E-state index contributed by atoms with van der Waals surface area (Å²) in [5.41, 5.74) is 0. The lowest BCUT2D eigenvalue weighted by atomic mass is 10.2. The van der Waals surface area contributed by atoms with Gasteiger partial charge in [0.15, 0.2) is 0 Å². The third-order valence-electron chi connectivity index (χ3n) is 0.967. The van der Waals surface area contributed by atoms with E-state index in [0.29, 0.717) is 6.61 Å².